The maximum atomic E-state index is 6.06. The summed E-state index contributed by atoms with van der Waals surface area (Å²) >= 11 is 5.90. The van der Waals surface area contributed by atoms with Crippen molar-refractivity contribution < 1.29 is 9.31 Å². The zero-order chi connectivity index (χ0) is 13.6. The van der Waals surface area contributed by atoms with Crippen molar-refractivity contribution in [1.29, 1.82) is 0 Å². The fraction of sp³-hybridized carbons (Fsp3) is 0.571. The van der Waals surface area contributed by atoms with Crippen molar-refractivity contribution in [2.45, 2.75) is 51.6 Å². The third kappa shape index (κ3) is 2.44. The van der Waals surface area contributed by atoms with Crippen LogP contribution in [0.1, 0.15) is 46.0 Å². The van der Waals surface area contributed by atoms with Crippen LogP contribution in [0.5, 0.6) is 0 Å². The van der Waals surface area contributed by atoms with Gasteiger partial charge in [-0.25, -0.2) is 0 Å². The first-order chi connectivity index (χ1) is 8.23. The molecule has 1 heterocycles. The van der Waals surface area contributed by atoms with Crippen molar-refractivity contribution in [3.05, 3.63) is 34.9 Å². The summed E-state index contributed by atoms with van der Waals surface area (Å²) in [7, 11) is -0.212. The molecule has 1 atom stereocenters. The van der Waals surface area contributed by atoms with E-state index in [2.05, 4.69) is 34.6 Å². The van der Waals surface area contributed by atoms with Gasteiger partial charge >= 0.3 is 7.12 Å². The average Bonchev–Trinajstić information content (AvgIpc) is 2.48. The molecule has 1 aliphatic rings. The molecule has 98 valence electrons. The van der Waals surface area contributed by atoms with Gasteiger partial charge in [0.05, 0.1) is 11.2 Å². The van der Waals surface area contributed by atoms with Gasteiger partial charge in [-0.2, -0.15) is 0 Å². The van der Waals surface area contributed by atoms with Crippen LogP contribution in [-0.4, -0.2) is 18.3 Å². The first-order valence-electron chi connectivity index (χ1n) is 6.34. The normalized spacial score (nSPS) is 23.1. The van der Waals surface area contributed by atoms with Crippen LogP contribution in [0.15, 0.2) is 24.3 Å². The van der Waals surface area contributed by atoms with Gasteiger partial charge in [-0.1, -0.05) is 30.7 Å². The van der Waals surface area contributed by atoms with E-state index >= 15 is 0 Å². The molecule has 1 fully saturated rings. The second kappa shape index (κ2) is 4.55. The van der Waals surface area contributed by atoms with Crippen molar-refractivity contribution in [2.75, 3.05) is 0 Å². The van der Waals surface area contributed by atoms with Crippen LogP contribution in [0, 0.1) is 0 Å². The molecule has 0 aromatic heterocycles. The predicted octanol–water partition coefficient (Wildman–Crippen LogP) is 4.07. The minimum atomic E-state index is -0.279. The molecule has 0 radical (unpaired) electrons. The second-order valence-corrected chi connectivity index (χ2v) is 6.40. The quantitative estimate of drug-likeness (QED) is 0.751. The lowest BCUT2D eigenvalue weighted by atomic mass is 9.69. The lowest BCUT2D eigenvalue weighted by molar-refractivity contribution is 0.00578. The van der Waals surface area contributed by atoms with E-state index in [-0.39, 0.29) is 24.1 Å². The molecule has 1 aliphatic heterocycles. The topological polar surface area (TPSA) is 18.5 Å². The van der Waals surface area contributed by atoms with Crippen molar-refractivity contribution in [1.82, 2.24) is 0 Å². The summed E-state index contributed by atoms with van der Waals surface area (Å²) in [6, 6.07) is 7.85. The molecule has 0 N–H and O–H groups in total. The molecule has 1 aromatic carbocycles. The van der Waals surface area contributed by atoms with Crippen molar-refractivity contribution in [3.63, 3.8) is 0 Å². The van der Waals surface area contributed by atoms with Gasteiger partial charge in [-0.3, -0.25) is 0 Å². The Bertz CT molecular complexity index is 412. The number of hydrogen-bond acceptors (Lipinski definition) is 2. The summed E-state index contributed by atoms with van der Waals surface area (Å²) in [5.41, 5.74) is 0.620. The molecular weight excluding hydrogens is 246 g/mol. The summed E-state index contributed by atoms with van der Waals surface area (Å²) in [4.78, 5) is 0. The molecule has 0 saturated carbocycles. The first kappa shape index (κ1) is 13.9. The Morgan fingerprint density at radius 3 is 1.89 bits per heavy atom. The van der Waals surface area contributed by atoms with Gasteiger partial charge in [0.2, 0.25) is 0 Å². The van der Waals surface area contributed by atoms with E-state index in [1.54, 1.807) is 0 Å². The smallest absolute Gasteiger partial charge is 0.403 e. The van der Waals surface area contributed by atoms with Crippen molar-refractivity contribution in [3.8, 4) is 0 Å². The minimum absolute atomic E-state index is 0.184. The molecule has 2 rings (SSSR count). The third-order valence-corrected chi connectivity index (χ3v) is 4.33. The van der Waals surface area contributed by atoms with Gasteiger partial charge in [0.15, 0.2) is 0 Å². The first-order valence-corrected chi connectivity index (χ1v) is 6.72. The molecule has 0 amide bonds. The maximum absolute atomic E-state index is 6.06. The molecule has 4 heteroatoms. The zero-order valence-electron chi connectivity index (χ0n) is 11.7. The molecule has 0 spiro atoms. The number of hydrogen-bond donors (Lipinski definition) is 0. The average molecular weight is 267 g/mol. The summed E-state index contributed by atoms with van der Waals surface area (Å²) in [6.07, 6.45) is 0. The van der Waals surface area contributed by atoms with Crippen molar-refractivity contribution in [2.24, 2.45) is 0 Å². The molecule has 1 unspecified atom stereocenters. The summed E-state index contributed by atoms with van der Waals surface area (Å²) < 4.78 is 12.1. The minimum Gasteiger partial charge on any atom is -0.403 e. The number of halogens is 1. The number of rotatable bonds is 2. The molecule has 2 nitrogen and oxygen atoms in total. The molecule has 1 aromatic rings. The largest absolute Gasteiger partial charge is 0.465 e. The lowest BCUT2D eigenvalue weighted by Gasteiger charge is -2.32. The Morgan fingerprint density at radius 2 is 1.44 bits per heavy atom. The highest BCUT2D eigenvalue weighted by molar-refractivity contribution is 6.47. The second-order valence-electron chi connectivity index (χ2n) is 5.96. The fourth-order valence-electron chi connectivity index (χ4n) is 2.02. The Morgan fingerprint density at radius 1 is 1.00 bits per heavy atom. The van der Waals surface area contributed by atoms with Crippen molar-refractivity contribution >= 4 is 18.7 Å². The zero-order valence-corrected chi connectivity index (χ0v) is 12.4. The van der Waals surface area contributed by atoms with Gasteiger partial charge in [-0.05, 0) is 45.4 Å². The molecular formula is C14H20BClO2. The van der Waals surface area contributed by atoms with E-state index in [1.165, 1.54) is 5.56 Å². The highest BCUT2D eigenvalue weighted by Crippen LogP contribution is 2.40. The van der Waals surface area contributed by atoms with E-state index in [4.69, 9.17) is 20.9 Å². The van der Waals surface area contributed by atoms with Gasteiger partial charge in [0.1, 0.15) is 0 Å². The van der Waals surface area contributed by atoms with Crippen LogP contribution < -0.4 is 0 Å². The molecule has 18 heavy (non-hydrogen) atoms. The van der Waals surface area contributed by atoms with E-state index < -0.39 is 0 Å². The van der Waals surface area contributed by atoms with Gasteiger partial charge in [-0.15, -0.1) is 0 Å². The van der Waals surface area contributed by atoms with Gasteiger partial charge in [0.25, 0.3) is 0 Å². The van der Waals surface area contributed by atoms with Gasteiger partial charge < -0.3 is 9.31 Å². The third-order valence-electron chi connectivity index (χ3n) is 4.08. The van der Waals surface area contributed by atoms with E-state index in [0.29, 0.717) is 0 Å². The summed E-state index contributed by atoms with van der Waals surface area (Å²) in [5.74, 6) is 0.184. The van der Waals surface area contributed by atoms with Crippen LogP contribution in [0.25, 0.3) is 0 Å². The highest BCUT2D eigenvalue weighted by Gasteiger charge is 2.52. The van der Waals surface area contributed by atoms with Crippen LogP contribution >= 0.6 is 11.6 Å². The van der Waals surface area contributed by atoms with E-state index in [0.717, 1.165) is 5.02 Å². The predicted molar refractivity (Wildman–Crippen MR) is 75.9 cm³/mol. The molecule has 1 saturated heterocycles. The summed E-state index contributed by atoms with van der Waals surface area (Å²) in [6.45, 7) is 10.4. The molecule has 0 bridgehead atoms. The Balaban J connectivity index is 2.17. The molecule has 0 aliphatic carbocycles. The SMILES string of the molecule is CC(B1OC(C)(C)C(C)(C)O1)c1ccc(Cl)cc1. The fourth-order valence-corrected chi connectivity index (χ4v) is 2.14. The Kier molecular flexibility index (Phi) is 3.52. The lowest BCUT2D eigenvalue weighted by Crippen LogP contribution is -2.41. The Hall–Kier alpha value is -0.505. The summed E-state index contributed by atoms with van der Waals surface area (Å²) in [5, 5.41) is 0.750. The van der Waals surface area contributed by atoms with Gasteiger partial charge in [0, 0.05) is 10.8 Å². The van der Waals surface area contributed by atoms with Crippen LogP contribution in [0.2, 0.25) is 5.02 Å². The van der Waals surface area contributed by atoms with Crippen LogP contribution in [-0.2, 0) is 9.31 Å². The Labute approximate surface area is 115 Å². The standard InChI is InChI=1S/C14H20BClO2/c1-10(11-6-8-12(16)9-7-11)15-17-13(2,3)14(4,5)18-15/h6-10H,1-5H3. The monoisotopic (exact) mass is 266 g/mol. The highest BCUT2D eigenvalue weighted by atomic mass is 35.5. The van der Waals surface area contributed by atoms with E-state index in [9.17, 15) is 0 Å². The van der Waals surface area contributed by atoms with E-state index in [1.807, 2.05) is 24.3 Å². The number of benzene rings is 1. The van der Waals surface area contributed by atoms with Crippen LogP contribution in [0.3, 0.4) is 0 Å². The maximum Gasteiger partial charge on any atom is 0.465 e. The van der Waals surface area contributed by atoms with Crippen LogP contribution in [0.4, 0.5) is 0 Å².